The van der Waals surface area contributed by atoms with Crippen LogP contribution in [0.2, 0.25) is 0 Å². The minimum absolute atomic E-state index is 0.960. The molecule has 0 unspecified atom stereocenters. The largest absolute Gasteiger partial charge is 0.0616 e. The SMILES string of the molecule is Brc1ccc(-c2ccc(Cc3cccc4ccccc34)cc2)cc1.Cc1cccc2ccccc12. The van der Waals surface area contributed by atoms with Crippen molar-refractivity contribution >= 4 is 37.5 Å². The standard InChI is InChI=1S/C23H17Br.C11H10/c24-22-14-12-19(13-15-22)18-10-8-17(9-11-18)16-21-6-3-5-20-4-1-2-7-23(20)21;1-9-5-4-7-10-6-2-3-8-11(9)10/h1-15H,16H2;2-8H,1H3. The molecule has 0 aromatic heterocycles. The van der Waals surface area contributed by atoms with Crippen molar-refractivity contribution in [1.29, 1.82) is 0 Å². The molecule has 0 saturated heterocycles. The Kier molecular flexibility index (Phi) is 7.07. The van der Waals surface area contributed by atoms with E-state index < -0.39 is 0 Å². The van der Waals surface area contributed by atoms with Gasteiger partial charge in [0.15, 0.2) is 0 Å². The Morgan fingerprint density at radius 1 is 0.486 bits per heavy atom. The average molecular weight is 515 g/mol. The first kappa shape index (κ1) is 23.1. The Morgan fingerprint density at radius 3 is 1.66 bits per heavy atom. The molecule has 0 aliphatic heterocycles. The minimum Gasteiger partial charge on any atom is -0.0616 e. The number of hydrogen-bond acceptors (Lipinski definition) is 0. The van der Waals surface area contributed by atoms with Crippen molar-refractivity contribution in [1.82, 2.24) is 0 Å². The second kappa shape index (κ2) is 10.7. The van der Waals surface area contributed by atoms with Gasteiger partial charge in [-0.05, 0) is 74.8 Å². The zero-order valence-electron chi connectivity index (χ0n) is 19.8. The molecule has 0 atom stereocenters. The lowest BCUT2D eigenvalue weighted by Crippen LogP contribution is -1.90. The lowest BCUT2D eigenvalue weighted by molar-refractivity contribution is 1.21. The van der Waals surface area contributed by atoms with Crippen molar-refractivity contribution in [2.45, 2.75) is 13.3 Å². The van der Waals surface area contributed by atoms with Crippen LogP contribution in [0.5, 0.6) is 0 Å². The highest BCUT2D eigenvalue weighted by Gasteiger charge is 2.03. The molecular weight excluding hydrogens is 488 g/mol. The molecule has 0 amide bonds. The summed E-state index contributed by atoms with van der Waals surface area (Å²) in [5, 5.41) is 5.33. The number of halogens is 1. The van der Waals surface area contributed by atoms with Crippen molar-refractivity contribution < 1.29 is 0 Å². The van der Waals surface area contributed by atoms with Crippen LogP contribution in [0, 0.1) is 6.92 Å². The molecular formula is C34H27Br. The summed E-state index contributed by atoms with van der Waals surface area (Å²) >= 11 is 3.49. The fourth-order valence-electron chi connectivity index (χ4n) is 4.51. The van der Waals surface area contributed by atoms with Crippen molar-refractivity contribution in [3.05, 3.63) is 155 Å². The third-order valence-electron chi connectivity index (χ3n) is 6.41. The quantitative estimate of drug-likeness (QED) is 0.220. The molecule has 0 aliphatic carbocycles. The van der Waals surface area contributed by atoms with Crippen LogP contribution in [0.1, 0.15) is 16.7 Å². The summed E-state index contributed by atoms with van der Waals surface area (Å²) in [5.41, 5.74) is 6.57. The number of aryl methyl sites for hydroxylation is 1. The number of fused-ring (bicyclic) bond motifs is 2. The summed E-state index contributed by atoms with van der Waals surface area (Å²) in [6.45, 7) is 2.14. The molecule has 0 fully saturated rings. The van der Waals surface area contributed by atoms with E-state index in [0.29, 0.717) is 0 Å². The molecule has 0 N–H and O–H groups in total. The van der Waals surface area contributed by atoms with Crippen LogP contribution in [-0.4, -0.2) is 0 Å². The summed E-state index contributed by atoms with van der Waals surface area (Å²) in [7, 11) is 0. The van der Waals surface area contributed by atoms with Crippen LogP contribution >= 0.6 is 15.9 Å². The number of rotatable bonds is 3. The van der Waals surface area contributed by atoms with Gasteiger partial charge in [-0.3, -0.25) is 0 Å². The fourth-order valence-corrected chi connectivity index (χ4v) is 4.78. The Bertz CT molecular complexity index is 1550. The Hall–Kier alpha value is -3.68. The fraction of sp³-hybridized carbons (Fsp3) is 0.0588. The highest BCUT2D eigenvalue weighted by atomic mass is 79.9. The van der Waals surface area contributed by atoms with E-state index in [9.17, 15) is 0 Å². The van der Waals surface area contributed by atoms with E-state index in [1.54, 1.807) is 0 Å². The molecule has 0 saturated carbocycles. The molecule has 0 radical (unpaired) electrons. The van der Waals surface area contributed by atoms with Crippen LogP contribution in [0.15, 0.2) is 138 Å². The van der Waals surface area contributed by atoms with Crippen LogP contribution < -0.4 is 0 Å². The first-order chi connectivity index (χ1) is 17.2. The predicted octanol–water partition coefficient (Wildman–Crippen LogP) is 10.0. The molecule has 6 aromatic rings. The maximum Gasteiger partial charge on any atom is 0.0175 e. The molecule has 1 heteroatoms. The normalized spacial score (nSPS) is 10.7. The second-order valence-electron chi connectivity index (χ2n) is 8.81. The van der Waals surface area contributed by atoms with Gasteiger partial charge in [-0.15, -0.1) is 0 Å². The van der Waals surface area contributed by atoms with Crippen molar-refractivity contribution in [3.8, 4) is 11.1 Å². The summed E-state index contributed by atoms with van der Waals surface area (Å²) in [4.78, 5) is 0. The molecule has 170 valence electrons. The highest BCUT2D eigenvalue weighted by molar-refractivity contribution is 9.10. The molecule has 6 rings (SSSR count). The Balaban J connectivity index is 0.000000192. The maximum atomic E-state index is 3.49. The third-order valence-corrected chi connectivity index (χ3v) is 6.94. The van der Waals surface area contributed by atoms with Gasteiger partial charge in [0.1, 0.15) is 0 Å². The first-order valence-corrected chi connectivity index (χ1v) is 12.7. The molecule has 35 heavy (non-hydrogen) atoms. The molecule has 0 nitrogen and oxygen atoms in total. The van der Waals surface area contributed by atoms with E-state index >= 15 is 0 Å². The zero-order valence-corrected chi connectivity index (χ0v) is 21.4. The zero-order chi connectivity index (χ0) is 24.0. The van der Waals surface area contributed by atoms with Crippen LogP contribution in [-0.2, 0) is 6.42 Å². The van der Waals surface area contributed by atoms with Gasteiger partial charge in [-0.2, -0.15) is 0 Å². The second-order valence-corrected chi connectivity index (χ2v) is 9.73. The van der Waals surface area contributed by atoms with E-state index in [-0.39, 0.29) is 0 Å². The van der Waals surface area contributed by atoms with E-state index in [4.69, 9.17) is 0 Å². The minimum atomic E-state index is 0.960. The summed E-state index contributed by atoms with van der Waals surface area (Å²) in [6.07, 6.45) is 0.960. The number of hydrogen-bond donors (Lipinski definition) is 0. The lowest BCUT2D eigenvalue weighted by atomic mass is 9.97. The molecule has 0 aliphatic rings. The van der Waals surface area contributed by atoms with Gasteiger partial charge >= 0.3 is 0 Å². The van der Waals surface area contributed by atoms with E-state index in [2.05, 4.69) is 156 Å². The van der Waals surface area contributed by atoms with Crippen LogP contribution in [0.3, 0.4) is 0 Å². The molecule has 0 bridgehead atoms. The predicted molar refractivity (Wildman–Crippen MR) is 155 cm³/mol. The van der Waals surface area contributed by atoms with Crippen LogP contribution in [0.25, 0.3) is 32.7 Å². The van der Waals surface area contributed by atoms with Gasteiger partial charge in [0.25, 0.3) is 0 Å². The van der Waals surface area contributed by atoms with E-state index in [1.165, 1.54) is 49.4 Å². The van der Waals surface area contributed by atoms with Gasteiger partial charge in [-0.25, -0.2) is 0 Å². The Labute approximate surface area is 216 Å². The summed E-state index contributed by atoms with van der Waals surface area (Å²) in [5.74, 6) is 0. The van der Waals surface area contributed by atoms with Crippen molar-refractivity contribution in [2.24, 2.45) is 0 Å². The van der Waals surface area contributed by atoms with Gasteiger partial charge in [0.05, 0.1) is 0 Å². The third kappa shape index (κ3) is 5.53. The number of benzene rings is 6. The van der Waals surface area contributed by atoms with Crippen molar-refractivity contribution in [2.75, 3.05) is 0 Å². The lowest BCUT2D eigenvalue weighted by Gasteiger charge is -2.08. The van der Waals surface area contributed by atoms with Gasteiger partial charge < -0.3 is 0 Å². The van der Waals surface area contributed by atoms with E-state index in [0.717, 1.165) is 10.9 Å². The molecule has 0 heterocycles. The topological polar surface area (TPSA) is 0 Å². The summed E-state index contributed by atoms with van der Waals surface area (Å²) < 4.78 is 1.11. The van der Waals surface area contributed by atoms with E-state index in [1.807, 2.05) is 0 Å². The smallest absolute Gasteiger partial charge is 0.0175 e. The molecule has 0 spiro atoms. The maximum absolute atomic E-state index is 3.49. The average Bonchev–Trinajstić information content (AvgIpc) is 2.91. The first-order valence-electron chi connectivity index (χ1n) is 11.9. The van der Waals surface area contributed by atoms with Gasteiger partial charge in [-0.1, -0.05) is 137 Å². The van der Waals surface area contributed by atoms with Gasteiger partial charge in [0, 0.05) is 4.47 Å². The van der Waals surface area contributed by atoms with Crippen LogP contribution in [0.4, 0.5) is 0 Å². The Morgan fingerprint density at radius 2 is 1.00 bits per heavy atom. The monoisotopic (exact) mass is 514 g/mol. The highest BCUT2D eigenvalue weighted by Crippen LogP contribution is 2.25. The van der Waals surface area contributed by atoms with Gasteiger partial charge in [0.2, 0.25) is 0 Å². The van der Waals surface area contributed by atoms with Crippen molar-refractivity contribution in [3.63, 3.8) is 0 Å². The molecule has 6 aromatic carbocycles. The summed E-state index contributed by atoms with van der Waals surface area (Å²) in [6, 6.07) is 47.3.